The van der Waals surface area contributed by atoms with Gasteiger partial charge in [-0.3, -0.25) is 20.4 Å². The van der Waals surface area contributed by atoms with Crippen molar-refractivity contribution in [2.24, 2.45) is 0 Å². The molecule has 12 atom stereocenters. The van der Waals surface area contributed by atoms with E-state index in [1.165, 1.54) is 0 Å². The van der Waals surface area contributed by atoms with Crippen molar-refractivity contribution in [2.75, 3.05) is 92.1 Å². The van der Waals surface area contributed by atoms with Crippen molar-refractivity contribution in [3.8, 4) is 46.0 Å². The van der Waals surface area contributed by atoms with E-state index >= 15 is 0 Å². The Balaban J connectivity index is 0.781. The molecule has 0 saturated carbocycles. The van der Waals surface area contributed by atoms with E-state index in [-0.39, 0.29) is 72.3 Å². The largest absolute Gasteiger partial charge is 0.491 e. The number of rotatable bonds is 45. The van der Waals surface area contributed by atoms with Gasteiger partial charge in [-0.25, -0.2) is 0 Å². The molecule has 0 aliphatic carbocycles. The summed E-state index contributed by atoms with van der Waals surface area (Å²) in [5.74, 6) is 5.41. The quantitative estimate of drug-likeness (QED) is 0.0154. The van der Waals surface area contributed by atoms with Gasteiger partial charge in [0.1, 0.15) is 121 Å². The summed E-state index contributed by atoms with van der Waals surface area (Å²) in [6.45, 7) is 31.1. The van der Waals surface area contributed by atoms with Crippen molar-refractivity contribution in [3.05, 3.63) is 239 Å². The van der Waals surface area contributed by atoms with Gasteiger partial charge in [0.2, 0.25) is 0 Å². The number of aliphatic hydroxyl groups excluding tert-OH is 4. The maximum absolute atomic E-state index is 12.0. The van der Waals surface area contributed by atoms with Crippen molar-refractivity contribution in [1.29, 1.82) is 0 Å². The van der Waals surface area contributed by atoms with Gasteiger partial charge in [-0.2, -0.15) is 0 Å². The zero-order valence-corrected chi connectivity index (χ0v) is 65.9. The van der Waals surface area contributed by atoms with Crippen molar-refractivity contribution < 1.29 is 77.3 Å². The molecule has 4 aliphatic rings. The first-order chi connectivity index (χ1) is 52.7. The predicted octanol–water partition coefficient (Wildman–Crippen LogP) is 12.3. The lowest BCUT2D eigenvalue weighted by molar-refractivity contribution is -0.0840. The fourth-order valence-electron chi connectivity index (χ4n) is 13.6. The summed E-state index contributed by atoms with van der Waals surface area (Å²) in [5, 5.41) is 53.8. The highest BCUT2D eigenvalue weighted by Gasteiger charge is 2.35. The molecule has 0 bridgehead atoms. The number of hydrogen-bond acceptors (Lipinski definition) is 20. The first kappa shape index (κ1) is 81.2. The van der Waals surface area contributed by atoms with Crippen molar-refractivity contribution >= 4 is 0 Å². The number of nitrogens with zero attached hydrogens (tertiary/aromatic N) is 2. The lowest BCUT2D eigenvalue weighted by Crippen LogP contribution is -2.56. The average molecular weight is 1510 g/mol. The minimum atomic E-state index is -1.03. The van der Waals surface area contributed by atoms with E-state index in [1.54, 1.807) is 27.7 Å². The van der Waals surface area contributed by atoms with Crippen LogP contribution in [0.2, 0.25) is 0 Å². The summed E-state index contributed by atoms with van der Waals surface area (Å²) in [7, 11) is 0. The van der Waals surface area contributed by atoms with E-state index in [4.69, 9.17) is 56.8 Å². The van der Waals surface area contributed by atoms with Crippen LogP contribution in [0.15, 0.2) is 194 Å². The molecule has 12 unspecified atom stereocenters. The molecule has 20 nitrogen and oxygen atoms in total. The molecule has 4 saturated heterocycles. The Morgan fingerprint density at radius 3 is 0.673 bits per heavy atom. The van der Waals surface area contributed by atoms with Gasteiger partial charge in [0.25, 0.3) is 0 Å². The van der Waals surface area contributed by atoms with Crippen molar-refractivity contribution in [3.63, 3.8) is 0 Å². The van der Waals surface area contributed by atoms with Crippen LogP contribution < -0.4 is 48.5 Å². The summed E-state index contributed by atoms with van der Waals surface area (Å²) in [6.07, 6.45) is -6.78. The lowest BCUT2D eigenvalue weighted by Gasteiger charge is -2.38. The third-order valence-corrected chi connectivity index (χ3v) is 21.6. The Morgan fingerprint density at radius 1 is 0.300 bits per heavy atom. The van der Waals surface area contributed by atoms with E-state index in [1.807, 2.05) is 97.1 Å². The molecule has 0 radical (unpaired) electrons. The normalized spacial score (nSPS) is 19.1. The number of benzene rings is 8. The van der Waals surface area contributed by atoms with Crippen LogP contribution in [-0.2, 0) is 40.6 Å². The molecular weight excluding hydrogens is 1390 g/mol. The third-order valence-electron chi connectivity index (χ3n) is 21.6. The first-order valence-electron chi connectivity index (χ1n) is 38.9. The van der Waals surface area contributed by atoms with Crippen LogP contribution in [0, 0.1) is 0 Å². The Morgan fingerprint density at radius 2 is 0.491 bits per heavy atom. The topological polar surface area (TPSA) is 235 Å². The number of hydrogen-bond donors (Lipinski definition) is 6. The number of aliphatic hydroxyl groups is 4. The van der Waals surface area contributed by atoms with E-state index < -0.39 is 49.3 Å². The van der Waals surface area contributed by atoms with Gasteiger partial charge in [-0.15, -0.1) is 0 Å². The molecule has 0 amide bonds. The second-order valence-corrected chi connectivity index (χ2v) is 31.8. The standard InChI is InChI=1S/C90H114N4O16/c1-59(95)83(107-75-37-21-67(22-38-75)87(5,6)63-13-29-71(30-14-63)99-51-79-55-103-79)91-45-47-93(85(61(3)97)109-77-41-25-69(26-42-77)89(9,10)65-17-33-73(34-18-65)101-53-81-57-105-81)49-50-94(86(62(4)98)110-78-43-27-70(28-44-78)90(11,12)66-19-35-74(36-20-66)102-54-82-58-106-82)48-46-92-84(60(2)96)108-76-39-23-68(24-40-76)88(7,8)64-15-31-72(32-16-64)100-52-80-56-104-80/h13-44,59-62,79-86,91-92,95-98H,45-58H2,1-12H3. The molecule has 0 aromatic heterocycles. The number of ether oxygens (including phenoxy) is 12. The molecule has 12 rings (SSSR count). The number of epoxide rings is 4. The lowest BCUT2D eigenvalue weighted by atomic mass is 9.78. The van der Waals surface area contributed by atoms with Crippen molar-refractivity contribution in [1.82, 2.24) is 20.4 Å². The molecule has 590 valence electrons. The molecule has 6 N–H and O–H groups in total. The fourth-order valence-corrected chi connectivity index (χ4v) is 13.6. The monoisotopic (exact) mass is 1510 g/mol. The molecule has 20 heteroatoms. The molecule has 4 fully saturated rings. The minimum absolute atomic E-state index is 0.158. The van der Waals surface area contributed by atoms with Gasteiger partial charge < -0.3 is 77.3 Å². The molecule has 8 aromatic carbocycles. The highest BCUT2D eigenvalue weighted by Crippen LogP contribution is 2.39. The van der Waals surface area contributed by atoms with E-state index in [9.17, 15) is 20.4 Å². The third kappa shape index (κ3) is 22.3. The Hall–Kier alpha value is -8.32. The van der Waals surface area contributed by atoms with Gasteiger partial charge >= 0.3 is 0 Å². The smallest absolute Gasteiger partial charge is 0.178 e. The average Bonchev–Trinajstić information content (AvgIpc) is 0.904. The first-order valence-corrected chi connectivity index (χ1v) is 38.9. The summed E-state index contributed by atoms with van der Waals surface area (Å²) >= 11 is 0. The van der Waals surface area contributed by atoms with Crippen LogP contribution in [0.5, 0.6) is 46.0 Å². The zero-order valence-electron chi connectivity index (χ0n) is 65.9. The summed E-state index contributed by atoms with van der Waals surface area (Å²) in [4.78, 5) is 4.12. The van der Waals surface area contributed by atoms with Crippen LogP contribution >= 0.6 is 0 Å². The van der Waals surface area contributed by atoms with E-state index in [0.29, 0.717) is 62.5 Å². The molecule has 4 aliphatic heterocycles. The second-order valence-electron chi connectivity index (χ2n) is 31.8. The minimum Gasteiger partial charge on any atom is -0.491 e. The van der Waals surface area contributed by atoms with Crippen LogP contribution in [0.25, 0.3) is 0 Å². The van der Waals surface area contributed by atoms with Crippen molar-refractivity contribution in [2.45, 2.75) is 178 Å². The Bertz CT molecular complexity index is 3840. The Kier molecular flexibility index (Phi) is 26.9. The number of nitrogens with one attached hydrogen (secondary N) is 2. The van der Waals surface area contributed by atoms with Gasteiger partial charge in [-0.1, -0.05) is 152 Å². The maximum Gasteiger partial charge on any atom is 0.178 e. The summed E-state index contributed by atoms with van der Waals surface area (Å²) in [6, 6.07) is 64.7. The van der Waals surface area contributed by atoms with Gasteiger partial charge in [0.05, 0.1) is 26.4 Å². The van der Waals surface area contributed by atoms with Gasteiger partial charge in [0.15, 0.2) is 24.9 Å². The SMILES string of the molecule is CC(O)C(NCCN(CCN(CCNC(Oc1ccc(C(C)(C)c2ccc(OCC3CO3)cc2)cc1)C(C)O)C(Oc1ccc(C(C)(C)c2ccc(OCC3CO3)cc2)cc1)C(C)O)C(Oc1ccc(C(C)(C)c2ccc(OCC3CO3)cc2)cc1)C(C)O)Oc1ccc(C(C)(C)c2ccc(OCC3CO3)cc2)cc1. The van der Waals surface area contributed by atoms with Crippen LogP contribution in [0.1, 0.15) is 128 Å². The molecular formula is C90H114N4O16. The molecule has 4 heterocycles. The molecule has 0 spiro atoms. The van der Waals surface area contributed by atoms with Crippen LogP contribution in [0.3, 0.4) is 0 Å². The zero-order chi connectivity index (χ0) is 77.7. The van der Waals surface area contributed by atoms with E-state index in [2.05, 4.69) is 173 Å². The van der Waals surface area contributed by atoms with E-state index in [0.717, 1.165) is 93.9 Å². The highest BCUT2D eigenvalue weighted by atomic mass is 16.6. The maximum atomic E-state index is 12.0. The van der Waals surface area contributed by atoms with Crippen LogP contribution in [0.4, 0.5) is 0 Å². The summed E-state index contributed by atoms with van der Waals surface area (Å²) < 4.78 is 72.1. The molecule has 8 aromatic rings. The highest BCUT2D eigenvalue weighted by molar-refractivity contribution is 5.46. The Labute approximate surface area is 649 Å². The predicted molar refractivity (Wildman–Crippen MR) is 425 cm³/mol. The second kappa shape index (κ2) is 36.4. The van der Waals surface area contributed by atoms with Gasteiger partial charge in [0, 0.05) is 60.9 Å². The molecule has 110 heavy (non-hydrogen) atoms. The summed E-state index contributed by atoms with van der Waals surface area (Å²) in [5.41, 5.74) is 7.29. The fraction of sp³-hybridized carbons (Fsp3) is 0.467. The van der Waals surface area contributed by atoms with Gasteiger partial charge in [-0.05, 0) is 169 Å². The van der Waals surface area contributed by atoms with Crippen LogP contribution in [-0.4, -0.2) is 196 Å².